The van der Waals surface area contributed by atoms with Crippen LogP contribution in [0.3, 0.4) is 0 Å². The first-order valence-corrected chi connectivity index (χ1v) is 7.12. The molecule has 1 aromatic carbocycles. The molecule has 0 fully saturated rings. The number of carbonyl (C=O) groups is 2. The number of nitrogens with two attached hydrogens (primary N) is 2. The lowest BCUT2D eigenvalue weighted by molar-refractivity contribution is -0.137. The number of rotatable bonds is 6. The first kappa shape index (κ1) is 18.0. The Hall–Kier alpha value is -3.37. The van der Waals surface area contributed by atoms with Gasteiger partial charge in [-0.25, -0.2) is 9.78 Å². The van der Waals surface area contributed by atoms with Gasteiger partial charge in [-0.15, -0.1) is 10.2 Å². The van der Waals surface area contributed by atoms with Crippen LogP contribution in [0, 0.1) is 0 Å². The van der Waals surface area contributed by atoms with Crippen LogP contribution in [0.5, 0.6) is 5.75 Å². The summed E-state index contributed by atoms with van der Waals surface area (Å²) in [7, 11) is 0. The molecular formula is C15H16N6O4. The Kier molecular flexibility index (Phi) is 6.09. The number of hydrogen-bond acceptors (Lipinski definition) is 9. The molecule has 0 aliphatic carbocycles. The number of benzene rings is 1. The van der Waals surface area contributed by atoms with Gasteiger partial charge in [0.05, 0.1) is 6.54 Å². The van der Waals surface area contributed by atoms with Crippen molar-refractivity contribution < 1.29 is 19.4 Å². The predicted octanol–water partition coefficient (Wildman–Crippen LogP) is 0.874. The molecule has 2 rings (SSSR count). The highest BCUT2D eigenvalue weighted by atomic mass is 16.5. The number of nitrogens with zero attached hydrogens (tertiary/aromatic N) is 3. The Balaban J connectivity index is 2.19. The van der Waals surface area contributed by atoms with E-state index in [1.807, 2.05) is 0 Å². The van der Waals surface area contributed by atoms with Crippen LogP contribution in [0.25, 0.3) is 0 Å². The molecule has 6 N–H and O–H groups in total. The van der Waals surface area contributed by atoms with Gasteiger partial charge in [-0.1, -0.05) is 12.1 Å². The second-order valence-electron chi connectivity index (χ2n) is 4.65. The molecule has 0 saturated carbocycles. The van der Waals surface area contributed by atoms with Crippen LogP contribution in [0.2, 0.25) is 0 Å². The van der Waals surface area contributed by atoms with E-state index < -0.39 is 18.5 Å². The Morgan fingerprint density at radius 3 is 2.56 bits per heavy atom. The summed E-state index contributed by atoms with van der Waals surface area (Å²) in [6.45, 7) is -0.926. The molecule has 10 nitrogen and oxygen atoms in total. The summed E-state index contributed by atoms with van der Waals surface area (Å²) in [6, 6.07) is 9.41. The van der Waals surface area contributed by atoms with Crippen LogP contribution in [0.1, 0.15) is 0 Å². The number of pyridine rings is 1. The highest BCUT2D eigenvalue weighted by Gasteiger charge is 2.08. The van der Waals surface area contributed by atoms with E-state index in [1.54, 1.807) is 18.2 Å². The van der Waals surface area contributed by atoms with Crippen LogP contribution >= 0.6 is 0 Å². The molecule has 130 valence electrons. The second kappa shape index (κ2) is 8.47. The molecule has 0 bridgehead atoms. The molecule has 0 spiro atoms. The lowest BCUT2D eigenvalue weighted by Crippen LogP contribution is -2.22. The van der Waals surface area contributed by atoms with E-state index >= 15 is 0 Å². The molecule has 10 heteroatoms. The van der Waals surface area contributed by atoms with Crippen molar-refractivity contribution in [2.75, 3.05) is 24.2 Å². The van der Waals surface area contributed by atoms with E-state index in [0.29, 0.717) is 0 Å². The monoisotopic (exact) mass is 344 g/mol. The zero-order valence-corrected chi connectivity index (χ0v) is 13.0. The lowest BCUT2D eigenvalue weighted by atomic mass is 10.3. The summed E-state index contributed by atoms with van der Waals surface area (Å²) < 4.78 is 4.94. The average Bonchev–Trinajstić information content (AvgIpc) is 2.62. The summed E-state index contributed by atoms with van der Waals surface area (Å²) >= 11 is 0. The zero-order valence-electron chi connectivity index (χ0n) is 13.0. The minimum absolute atomic E-state index is 0.0448. The number of carbonyl (C=O) groups excluding carboxylic acids is 2. The summed E-state index contributed by atoms with van der Waals surface area (Å²) in [5.74, 6) is -0.791. The first-order chi connectivity index (χ1) is 12.0. The maximum atomic E-state index is 11.2. The number of hydrogen-bond donors (Lipinski definition) is 4. The fourth-order valence-electron chi connectivity index (χ4n) is 1.70. The van der Waals surface area contributed by atoms with Gasteiger partial charge in [-0.2, -0.15) is 0 Å². The van der Waals surface area contributed by atoms with Gasteiger partial charge in [0.25, 0.3) is 0 Å². The van der Waals surface area contributed by atoms with Crippen LogP contribution < -0.4 is 21.5 Å². The second-order valence-corrected chi connectivity index (χ2v) is 4.65. The van der Waals surface area contributed by atoms with Crippen molar-refractivity contribution in [1.82, 2.24) is 4.98 Å². The van der Waals surface area contributed by atoms with Crippen LogP contribution in [0.15, 0.2) is 46.6 Å². The number of nitrogen functional groups attached to an aromatic ring is 1. The van der Waals surface area contributed by atoms with Crippen molar-refractivity contribution in [2.24, 2.45) is 16.0 Å². The number of esters is 1. The van der Waals surface area contributed by atoms with Gasteiger partial charge in [-0.3, -0.25) is 4.79 Å². The number of para-hydroxylation sites is 1. The molecule has 0 aliphatic rings. The minimum atomic E-state index is -0.816. The third-order valence-corrected chi connectivity index (χ3v) is 2.84. The summed E-state index contributed by atoms with van der Waals surface area (Å²) in [5.41, 5.74) is 11.5. The molecule has 1 aromatic heterocycles. The highest BCUT2D eigenvalue weighted by molar-refractivity contribution is 5.91. The van der Waals surface area contributed by atoms with Crippen LogP contribution in [-0.2, 0) is 9.59 Å². The fraction of sp³-hybridized carbons (Fsp3) is 0.133. The fourth-order valence-corrected chi connectivity index (χ4v) is 1.70. The maximum Gasteiger partial charge on any atom is 0.337 e. The number of nitrogens with one attached hydrogen (secondary N) is 1. The third kappa shape index (κ3) is 5.06. The van der Waals surface area contributed by atoms with Crippen LogP contribution in [-0.4, -0.2) is 35.1 Å². The van der Waals surface area contributed by atoms with Gasteiger partial charge in [0.15, 0.2) is 11.6 Å². The smallest absolute Gasteiger partial charge is 0.337 e. The third-order valence-electron chi connectivity index (χ3n) is 2.84. The molecule has 25 heavy (non-hydrogen) atoms. The van der Waals surface area contributed by atoms with E-state index in [0.717, 1.165) is 0 Å². The van der Waals surface area contributed by atoms with Gasteiger partial charge < -0.3 is 26.6 Å². The van der Waals surface area contributed by atoms with Gasteiger partial charge in [0, 0.05) is 0 Å². The number of amides is 1. The van der Waals surface area contributed by atoms with Gasteiger partial charge in [-0.05, 0) is 24.3 Å². The molecule has 1 heterocycles. The Morgan fingerprint density at radius 1 is 1.16 bits per heavy atom. The number of ether oxygens (including phenoxy) is 1. The lowest BCUT2D eigenvalue weighted by Gasteiger charge is -2.06. The standard InChI is InChI=1S/C15H16N6O4/c16-7-13(23)18-12-6-5-10(15(17)19-12)21-20-9-3-1-2-4-11(9)25-14(24)8-22/h1-6,22H,7-8,16H2,(H3,17,18,19,23)/b21-20+. The van der Waals surface area contributed by atoms with Crippen molar-refractivity contribution in [3.63, 3.8) is 0 Å². The quantitative estimate of drug-likeness (QED) is 0.343. The molecule has 0 aliphatic heterocycles. The number of aliphatic hydroxyl groups is 1. The van der Waals surface area contributed by atoms with E-state index in [4.69, 9.17) is 21.3 Å². The Bertz CT molecular complexity index is 808. The average molecular weight is 344 g/mol. The highest BCUT2D eigenvalue weighted by Crippen LogP contribution is 2.30. The van der Waals surface area contributed by atoms with Crippen molar-refractivity contribution in [2.45, 2.75) is 0 Å². The molecular weight excluding hydrogens is 328 g/mol. The van der Waals surface area contributed by atoms with E-state index in [-0.39, 0.29) is 35.3 Å². The van der Waals surface area contributed by atoms with Crippen molar-refractivity contribution in [1.29, 1.82) is 0 Å². The van der Waals surface area contributed by atoms with Gasteiger partial charge in [0.1, 0.15) is 23.8 Å². The molecule has 0 saturated heterocycles. The topological polar surface area (TPSA) is 165 Å². The molecule has 0 radical (unpaired) electrons. The van der Waals surface area contributed by atoms with E-state index in [2.05, 4.69) is 20.5 Å². The number of anilines is 2. The predicted molar refractivity (Wildman–Crippen MR) is 89.7 cm³/mol. The minimum Gasteiger partial charge on any atom is -0.422 e. The van der Waals surface area contributed by atoms with Crippen molar-refractivity contribution in [3.8, 4) is 5.75 Å². The first-order valence-electron chi connectivity index (χ1n) is 7.12. The van der Waals surface area contributed by atoms with Crippen LogP contribution in [0.4, 0.5) is 23.0 Å². The normalized spacial score (nSPS) is 10.6. The molecule has 2 aromatic rings. The molecule has 1 amide bonds. The summed E-state index contributed by atoms with van der Waals surface area (Å²) in [6.07, 6.45) is 0. The molecule has 0 unspecified atom stereocenters. The van der Waals surface area contributed by atoms with E-state index in [9.17, 15) is 9.59 Å². The molecule has 0 atom stereocenters. The van der Waals surface area contributed by atoms with Gasteiger partial charge in [0.2, 0.25) is 5.91 Å². The number of aliphatic hydroxyl groups excluding tert-OH is 1. The summed E-state index contributed by atoms with van der Waals surface area (Å²) in [4.78, 5) is 26.4. The Morgan fingerprint density at radius 2 is 1.88 bits per heavy atom. The zero-order chi connectivity index (χ0) is 18.2. The van der Waals surface area contributed by atoms with E-state index in [1.165, 1.54) is 18.2 Å². The largest absolute Gasteiger partial charge is 0.422 e. The Labute approximate surface area is 142 Å². The van der Waals surface area contributed by atoms with Crippen molar-refractivity contribution in [3.05, 3.63) is 36.4 Å². The summed E-state index contributed by atoms with van der Waals surface area (Å²) in [5, 5.41) is 19.1. The number of azo groups is 1. The number of aromatic nitrogens is 1. The van der Waals surface area contributed by atoms with Gasteiger partial charge >= 0.3 is 5.97 Å². The maximum absolute atomic E-state index is 11.2. The SMILES string of the molecule is NCC(=O)Nc1ccc(/N=N/c2ccccc2OC(=O)CO)c(N)n1. The van der Waals surface area contributed by atoms with Crippen molar-refractivity contribution >= 4 is 34.9 Å².